The van der Waals surface area contributed by atoms with Crippen molar-refractivity contribution in [1.82, 2.24) is 0 Å². The Balaban J connectivity index is 2.24. The predicted molar refractivity (Wildman–Crippen MR) is 81.1 cm³/mol. The summed E-state index contributed by atoms with van der Waals surface area (Å²) in [4.78, 5) is 23.5. The zero-order valence-corrected chi connectivity index (χ0v) is 12.5. The van der Waals surface area contributed by atoms with E-state index in [2.05, 4.69) is 5.32 Å². The summed E-state index contributed by atoms with van der Waals surface area (Å²) in [5.74, 6) is -1.38. The second kappa shape index (κ2) is 6.51. The number of benzene rings is 1. The van der Waals surface area contributed by atoms with Crippen molar-refractivity contribution in [2.75, 3.05) is 12.4 Å². The van der Waals surface area contributed by atoms with Crippen LogP contribution in [0, 0.1) is 6.92 Å². The Morgan fingerprint density at radius 2 is 2.14 bits per heavy atom. The topological polar surface area (TPSA) is 75.6 Å². The fraction of sp³-hybridized carbons (Fsp3) is 0.200. The Morgan fingerprint density at radius 3 is 2.81 bits per heavy atom. The van der Waals surface area contributed by atoms with Gasteiger partial charge in [0.2, 0.25) is 0 Å². The Kier molecular flexibility index (Phi) is 4.72. The van der Waals surface area contributed by atoms with Crippen LogP contribution in [0.5, 0.6) is 0 Å². The number of carboxylic acids is 1. The summed E-state index contributed by atoms with van der Waals surface area (Å²) in [6.45, 7) is 2.18. The number of carboxylic acid groups (broad SMARTS) is 1. The van der Waals surface area contributed by atoms with Crippen molar-refractivity contribution in [3.8, 4) is 0 Å². The zero-order valence-electron chi connectivity index (χ0n) is 11.7. The van der Waals surface area contributed by atoms with Crippen LogP contribution in [0.25, 0.3) is 0 Å². The molecule has 0 atom stereocenters. The number of amides is 1. The minimum Gasteiger partial charge on any atom is -0.477 e. The molecule has 2 aromatic rings. The number of ether oxygens (including phenoxy) is 1. The fourth-order valence-electron chi connectivity index (χ4n) is 1.91. The maximum atomic E-state index is 12.3. The first kappa shape index (κ1) is 15.2. The maximum Gasteiger partial charge on any atom is 0.348 e. The van der Waals surface area contributed by atoms with E-state index in [4.69, 9.17) is 9.84 Å². The monoisotopic (exact) mass is 305 g/mol. The third-order valence-corrected chi connectivity index (χ3v) is 3.99. The fourth-order valence-corrected chi connectivity index (χ4v) is 2.75. The molecule has 6 heteroatoms. The second-order valence-corrected chi connectivity index (χ2v) is 5.40. The van der Waals surface area contributed by atoms with Crippen LogP contribution >= 0.6 is 11.3 Å². The Hall–Kier alpha value is -2.18. The number of aryl methyl sites for hydroxylation is 1. The molecular formula is C15H15NO4S. The van der Waals surface area contributed by atoms with E-state index in [1.807, 2.05) is 6.07 Å². The highest BCUT2D eigenvalue weighted by molar-refractivity contribution is 7.12. The van der Waals surface area contributed by atoms with Crippen LogP contribution in [0.1, 0.15) is 31.2 Å². The van der Waals surface area contributed by atoms with Crippen molar-refractivity contribution < 1.29 is 19.4 Å². The summed E-state index contributed by atoms with van der Waals surface area (Å²) in [7, 11) is 1.58. The lowest BCUT2D eigenvalue weighted by Gasteiger charge is -2.08. The van der Waals surface area contributed by atoms with Gasteiger partial charge in [0.05, 0.1) is 12.3 Å². The predicted octanol–water partition coefficient (Wildman–Crippen LogP) is 3.15. The SMILES string of the molecule is COCc1cccc(C(=O)Nc2c(C)csc2C(=O)O)c1. The Bertz CT molecular complexity index is 678. The van der Waals surface area contributed by atoms with E-state index < -0.39 is 5.97 Å². The summed E-state index contributed by atoms with van der Waals surface area (Å²) < 4.78 is 5.03. The normalized spacial score (nSPS) is 10.4. The maximum absolute atomic E-state index is 12.3. The van der Waals surface area contributed by atoms with Crippen LogP contribution in [0.4, 0.5) is 5.69 Å². The standard InChI is InChI=1S/C15H15NO4S/c1-9-8-21-13(15(18)19)12(9)16-14(17)11-5-3-4-10(6-11)7-20-2/h3-6,8H,7H2,1-2H3,(H,16,17)(H,18,19). The molecule has 0 saturated carbocycles. The highest BCUT2D eigenvalue weighted by Crippen LogP contribution is 2.28. The van der Waals surface area contributed by atoms with Gasteiger partial charge in [0.15, 0.2) is 0 Å². The van der Waals surface area contributed by atoms with E-state index >= 15 is 0 Å². The number of hydrogen-bond acceptors (Lipinski definition) is 4. The van der Waals surface area contributed by atoms with Gasteiger partial charge in [0, 0.05) is 12.7 Å². The smallest absolute Gasteiger partial charge is 0.348 e. The molecule has 5 nitrogen and oxygen atoms in total. The molecule has 0 spiro atoms. The van der Waals surface area contributed by atoms with Crippen molar-refractivity contribution in [2.45, 2.75) is 13.5 Å². The van der Waals surface area contributed by atoms with E-state index in [1.165, 1.54) is 0 Å². The van der Waals surface area contributed by atoms with Gasteiger partial charge in [-0.2, -0.15) is 0 Å². The number of nitrogens with one attached hydrogen (secondary N) is 1. The molecule has 1 aromatic heterocycles. The van der Waals surface area contributed by atoms with Crippen LogP contribution in [-0.2, 0) is 11.3 Å². The third kappa shape index (κ3) is 3.48. The Labute approximate surface area is 126 Å². The van der Waals surface area contributed by atoms with Crippen molar-refractivity contribution in [3.63, 3.8) is 0 Å². The number of methoxy groups -OCH3 is 1. The quantitative estimate of drug-likeness (QED) is 0.889. The van der Waals surface area contributed by atoms with Crippen LogP contribution < -0.4 is 5.32 Å². The molecular weight excluding hydrogens is 290 g/mol. The molecule has 0 aliphatic heterocycles. The van der Waals surface area contributed by atoms with Crippen molar-refractivity contribution in [2.24, 2.45) is 0 Å². The summed E-state index contributed by atoms with van der Waals surface area (Å²) >= 11 is 1.10. The number of carbonyl (C=O) groups is 2. The zero-order chi connectivity index (χ0) is 15.4. The van der Waals surface area contributed by atoms with Crippen molar-refractivity contribution in [1.29, 1.82) is 0 Å². The van der Waals surface area contributed by atoms with Crippen molar-refractivity contribution >= 4 is 28.9 Å². The number of carbonyl (C=O) groups excluding carboxylic acids is 1. The van der Waals surface area contributed by atoms with Crippen LogP contribution in [0.15, 0.2) is 29.6 Å². The number of aromatic carboxylic acids is 1. The van der Waals surface area contributed by atoms with Gasteiger partial charge in [-0.25, -0.2) is 4.79 Å². The van der Waals surface area contributed by atoms with Gasteiger partial charge in [0.1, 0.15) is 4.88 Å². The van der Waals surface area contributed by atoms with E-state index in [-0.39, 0.29) is 10.8 Å². The molecule has 0 aliphatic rings. The summed E-state index contributed by atoms with van der Waals surface area (Å²) in [6, 6.07) is 7.03. The molecule has 2 N–H and O–H groups in total. The molecule has 2 rings (SSSR count). The van der Waals surface area contributed by atoms with Gasteiger partial charge >= 0.3 is 5.97 Å². The van der Waals surface area contributed by atoms with Crippen LogP contribution in [0.3, 0.4) is 0 Å². The van der Waals surface area contributed by atoms with Gasteiger partial charge in [-0.3, -0.25) is 4.79 Å². The molecule has 0 bridgehead atoms. The molecule has 21 heavy (non-hydrogen) atoms. The van der Waals surface area contributed by atoms with Gasteiger partial charge in [-0.1, -0.05) is 12.1 Å². The largest absolute Gasteiger partial charge is 0.477 e. The molecule has 1 amide bonds. The molecule has 0 saturated heterocycles. The minimum absolute atomic E-state index is 0.133. The first-order valence-electron chi connectivity index (χ1n) is 6.23. The third-order valence-electron chi connectivity index (χ3n) is 2.91. The molecule has 1 heterocycles. The molecule has 0 fully saturated rings. The first-order valence-corrected chi connectivity index (χ1v) is 7.11. The average molecular weight is 305 g/mol. The summed E-state index contributed by atoms with van der Waals surface area (Å²) in [6.07, 6.45) is 0. The lowest BCUT2D eigenvalue weighted by molar-refractivity contribution is 0.0703. The summed E-state index contributed by atoms with van der Waals surface area (Å²) in [5, 5.41) is 13.5. The van der Waals surface area contributed by atoms with Crippen LogP contribution in [-0.4, -0.2) is 24.1 Å². The molecule has 0 unspecified atom stereocenters. The lowest BCUT2D eigenvalue weighted by atomic mass is 10.1. The summed E-state index contributed by atoms with van der Waals surface area (Å²) in [5.41, 5.74) is 2.44. The highest BCUT2D eigenvalue weighted by atomic mass is 32.1. The molecule has 110 valence electrons. The number of thiophene rings is 1. The van der Waals surface area contributed by atoms with E-state index in [0.717, 1.165) is 22.5 Å². The van der Waals surface area contributed by atoms with E-state index in [9.17, 15) is 9.59 Å². The first-order chi connectivity index (χ1) is 10.0. The van der Waals surface area contributed by atoms with Gasteiger partial charge in [0.25, 0.3) is 5.91 Å². The van der Waals surface area contributed by atoms with E-state index in [1.54, 1.807) is 37.6 Å². The van der Waals surface area contributed by atoms with E-state index in [0.29, 0.717) is 17.9 Å². The molecule has 1 aromatic carbocycles. The van der Waals surface area contributed by atoms with Crippen molar-refractivity contribution in [3.05, 3.63) is 51.2 Å². The van der Waals surface area contributed by atoms with Gasteiger partial charge in [-0.05, 0) is 35.6 Å². The average Bonchev–Trinajstić information content (AvgIpc) is 2.81. The number of anilines is 1. The van der Waals surface area contributed by atoms with Gasteiger partial charge < -0.3 is 15.2 Å². The number of hydrogen-bond donors (Lipinski definition) is 2. The second-order valence-electron chi connectivity index (χ2n) is 4.52. The highest BCUT2D eigenvalue weighted by Gasteiger charge is 2.18. The lowest BCUT2D eigenvalue weighted by Crippen LogP contribution is -2.14. The molecule has 0 aliphatic carbocycles. The Morgan fingerprint density at radius 1 is 1.38 bits per heavy atom. The minimum atomic E-state index is -1.04. The van der Waals surface area contributed by atoms with Gasteiger partial charge in [-0.15, -0.1) is 11.3 Å². The van der Waals surface area contributed by atoms with Crippen LogP contribution in [0.2, 0.25) is 0 Å². The molecule has 0 radical (unpaired) electrons. The number of rotatable bonds is 5.